The highest BCUT2D eigenvalue weighted by Gasteiger charge is 2.45. The molecule has 0 aromatic heterocycles. The first-order valence-corrected chi connectivity index (χ1v) is 11.9. The van der Waals surface area contributed by atoms with E-state index in [0.717, 1.165) is 38.5 Å². The summed E-state index contributed by atoms with van der Waals surface area (Å²) < 4.78 is 6.35. The van der Waals surface area contributed by atoms with Crippen LogP contribution in [0.4, 0.5) is 5.69 Å². The number of hydrogen-bond acceptors (Lipinski definition) is 5. The summed E-state index contributed by atoms with van der Waals surface area (Å²) in [5.41, 5.74) is 1.04. The number of imide groups is 1. The number of anilines is 1. The summed E-state index contributed by atoms with van der Waals surface area (Å²) in [6, 6.07) is 7.35. The Labute approximate surface area is 189 Å². The predicted octanol–water partition coefficient (Wildman–Crippen LogP) is 2.55. The van der Waals surface area contributed by atoms with E-state index in [1.54, 1.807) is 24.3 Å². The van der Waals surface area contributed by atoms with E-state index in [2.05, 4.69) is 19.0 Å². The summed E-state index contributed by atoms with van der Waals surface area (Å²) in [6.45, 7) is 2.38. The fourth-order valence-electron chi connectivity index (χ4n) is 5.65. The van der Waals surface area contributed by atoms with E-state index in [9.17, 15) is 14.4 Å². The number of likely N-dealkylation sites (tertiary alicyclic amines) is 1. The zero-order chi connectivity index (χ0) is 22.4. The standard InChI is InChI=1S/C25H33N3O4/c1-26(2)21-11-18-13-27(14-19(18)12-22(21)32-15-16-6-7-16)25(31)17-4-3-5-20(10-17)28-23(29)8-9-24(28)30/h3-5,10,16,18-19,21-22H,6-9,11-15H2,1-2H3/t18-,19+,21-,22-/m1/s1. The van der Waals surface area contributed by atoms with Gasteiger partial charge in [-0.2, -0.15) is 0 Å². The molecule has 3 amide bonds. The normalized spacial score (nSPS) is 30.3. The Morgan fingerprint density at radius 1 is 1.06 bits per heavy atom. The van der Waals surface area contributed by atoms with Crippen LogP contribution in [-0.4, -0.2) is 73.5 Å². The van der Waals surface area contributed by atoms with Gasteiger partial charge in [0.25, 0.3) is 5.91 Å². The van der Waals surface area contributed by atoms with Gasteiger partial charge in [0.2, 0.25) is 11.8 Å². The summed E-state index contributed by atoms with van der Waals surface area (Å²) >= 11 is 0. The van der Waals surface area contributed by atoms with Crippen molar-refractivity contribution in [2.75, 3.05) is 38.7 Å². The van der Waals surface area contributed by atoms with E-state index in [1.165, 1.54) is 17.7 Å². The summed E-state index contributed by atoms with van der Waals surface area (Å²) in [5, 5.41) is 0. The molecule has 2 aliphatic carbocycles. The van der Waals surface area contributed by atoms with Crippen LogP contribution in [0.15, 0.2) is 24.3 Å². The van der Waals surface area contributed by atoms with E-state index < -0.39 is 0 Å². The van der Waals surface area contributed by atoms with Gasteiger partial charge in [-0.05, 0) is 75.7 Å². The topological polar surface area (TPSA) is 70.2 Å². The lowest BCUT2D eigenvalue weighted by Crippen LogP contribution is -2.48. The largest absolute Gasteiger partial charge is 0.376 e. The van der Waals surface area contributed by atoms with Crippen molar-refractivity contribution in [1.82, 2.24) is 9.80 Å². The number of hydrogen-bond donors (Lipinski definition) is 0. The lowest BCUT2D eigenvalue weighted by atomic mass is 9.77. The molecule has 172 valence electrons. The molecule has 4 atom stereocenters. The Kier molecular flexibility index (Phi) is 5.80. The second-order valence-electron chi connectivity index (χ2n) is 10.2. The van der Waals surface area contributed by atoms with E-state index in [1.807, 2.05) is 4.90 Å². The molecular weight excluding hydrogens is 406 g/mol. The molecule has 4 aliphatic rings. The molecule has 1 aromatic carbocycles. The van der Waals surface area contributed by atoms with Crippen molar-refractivity contribution in [2.45, 2.75) is 50.7 Å². The average Bonchev–Trinajstić information content (AvgIpc) is 3.42. The maximum atomic E-state index is 13.3. The molecule has 0 bridgehead atoms. The summed E-state index contributed by atoms with van der Waals surface area (Å²) in [7, 11) is 4.26. The molecule has 5 rings (SSSR count). The van der Waals surface area contributed by atoms with Crippen molar-refractivity contribution in [3.63, 3.8) is 0 Å². The van der Waals surface area contributed by atoms with Gasteiger partial charge in [-0.1, -0.05) is 6.07 Å². The molecule has 2 saturated heterocycles. The molecule has 4 fully saturated rings. The van der Waals surface area contributed by atoms with Gasteiger partial charge in [-0.3, -0.25) is 19.3 Å². The zero-order valence-electron chi connectivity index (χ0n) is 19.0. The van der Waals surface area contributed by atoms with E-state index in [-0.39, 0.29) is 36.7 Å². The first-order valence-electron chi connectivity index (χ1n) is 11.9. The minimum Gasteiger partial charge on any atom is -0.376 e. The van der Waals surface area contributed by atoms with Gasteiger partial charge < -0.3 is 14.5 Å². The summed E-state index contributed by atoms with van der Waals surface area (Å²) in [5.74, 6) is 1.29. The Balaban J connectivity index is 1.28. The Morgan fingerprint density at radius 2 is 1.75 bits per heavy atom. The number of benzene rings is 1. The molecule has 0 N–H and O–H groups in total. The average molecular weight is 440 g/mol. The van der Waals surface area contributed by atoms with Gasteiger partial charge in [0.05, 0.1) is 11.8 Å². The van der Waals surface area contributed by atoms with Crippen LogP contribution in [0.2, 0.25) is 0 Å². The van der Waals surface area contributed by atoms with Crippen LogP contribution in [0.1, 0.15) is 48.9 Å². The van der Waals surface area contributed by atoms with Gasteiger partial charge in [0, 0.05) is 44.1 Å². The van der Waals surface area contributed by atoms with E-state index in [4.69, 9.17) is 4.74 Å². The number of likely N-dealkylation sites (N-methyl/N-ethyl adjacent to an activating group) is 1. The molecule has 1 aromatic rings. The molecule has 0 spiro atoms. The maximum absolute atomic E-state index is 13.3. The van der Waals surface area contributed by atoms with E-state index >= 15 is 0 Å². The van der Waals surface area contributed by atoms with Gasteiger partial charge >= 0.3 is 0 Å². The highest BCUT2D eigenvalue weighted by Crippen LogP contribution is 2.40. The second kappa shape index (κ2) is 8.60. The minimum absolute atomic E-state index is 0.0165. The quantitative estimate of drug-likeness (QED) is 0.637. The molecule has 32 heavy (non-hydrogen) atoms. The number of ether oxygens (including phenoxy) is 1. The van der Waals surface area contributed by atoms with Crippen LogP contribution >= 0.6 is 0 Å². The van der Waals surface area contributed by atoms with Crippen LogP contribution in [0.25, 0.3) is 0 Å². The maximum Gasteiger partial charge on any atom is 0.253 e. The number of carbonyl (C=O) groups is 3. The third-order valence-corrected chi connectivity index (χ3v) is 7.68. The van der Waals surface area contributed by atoms with Crippen molar-refractivity contribution in [2.24, 2.45) is 17.8 Å². The van der Waals surface area contributed by atoms with Crippen molar-refractivity contribution in [3.05, 3.63) is 29.8 Å². The molecule has 7 nitrogen and oxygen atoms in total. The van der Waals surface area contributed by atoms with Crippen molar-refractivity contribution < 1.29 is 19.1 Å². The lowest BCUT2D eigenvalue weighted by Gasteiger charge is -2.41. The van der Waals surface area contributed by atoms with Crippen LogP contribution in [-0.2, 0) is 14.3 Å². The van der Waals surface area contributed by atoms with Gasteiger partial charge in [-0.25, -0.2) is 0 Å². The van der Waals surface area contributed by atoms with Gasteiger partial charge in [0.15, 0.2) is 0 Å². The third kappa shape index (κ3) is 4.20. The molecule has 0 radical (unpaired) electrons. The number of carbonyl (C=O) groups excluding carboxylic acids is 3. The SMILES string of the molecule is CN(C)[C@@H]1C[C@@H]2CN(C(=O)c3cccc(N4C(=O)CCC4=O)c3)C[C@@H]2C[C@H]1OCC1CC1. The first kappa shape index (κ1) is 21.6. The van der Waals surface area contributed by atoms with Gasteiger partial charge in [0.1, 0.15) is 0 Å². The zero-order valence-corrected chi connectivity index (χ0v) is 19.0. The highest BCUT2D eigenvalue weighted by molar-refractivity contribution is 6.20. The lowest BCUT2D eigenvalue weighted by molar-refractivity contribution is -0.121. The van der Waals surface area contributed by atoms with Crippen molar-refractivity contribution >= 4 is 23.4 Å². The monoisotopic (exact) mass is 439 g/mol. The van der Waals surface area contributed by atoms with E-state index in [0.29, 0.717) is 29.1 Å². The fraction of sp³-hybridized carbons (Fsp3) is 0.640. The molecule has 0 unspecified atom stereocenters. The van der Waals surface area contributed by atoms with Crippen LogP contribution in [0.5, 0.6) is 0 Å². The number of fused-ring (bicyclic) bond motifs is 1. The minimum atomic E-state index is -0.196. The highest BCUT2D eigenvalue weighted by atomic mass is 16.5. The fourth-order valence-corrected chi connectivity index (χ4v) is 5.65. The van der Waals surface area contributed by atoms with Crippen LogP contribution in [0, 0.1) is 17.8 Å². The predicted molar refractivity (Wildman–Crippen MR) is 120 cm³/mol. The van der Waals surface area contributed by atoms with Crippen molar-refractivity contribution in [1.29, 1.82) is 0 Å². The van der Waals surface area contributed by atoms with Gasteiger partial charge in [-0.15, -0.1) is 0 Å². The van der Waals surface area contributed by atoms with Crippen LogP contribution < -0.4 is 4.90 Å². The number of rotatable bonds is 6. The summed E-state index contributed by atoms with van der Waals surface area (Å²) in [4.78, 5) is 43.0. The Morgan fingerprint density at radius 3 is 2.41 bits per heavy atom. The van der Waals surface area contributed by atoms with Crippen LogP contribution in [0.3, 0.4) is 0 Å². The third-order valence-electron chi connectivity index (χ3n) is 7.68. The molecule has 2 aliphatic heterocycles. The molecule has 7 heteroatoms. The number of amides is 3. The number of nitrogens with zero attached hydrogens (tertiary/aromatic N) is 3. The Bertz CT molecular complexity index is 896. The smallest absolute Gasteiger partial charge is 0.253 e. The second-order valence-corrected chi connectivity index (χ2v) is 10.2. The molecule has 2 saturated carbocycles. The Hall–Kier alpha value is -2.25. The summed E-state index contributed by atoms with van der Waals surface area (Å²) in [6.07, 6.45) is 5.35. The molecule has 2 heterocycles. The van der Waals surface area contributed by atoms with Crippen molar-refractivity contribution in [3.8, 4) is 0 Å². The first-order chi connectivity index (χ1) is 15.4. The molecular formula is C25H33N3O4.